The zero-order valence-electron chi connectivity index (χ0n) is 15.4. The van der Waals surface area contributed by atoms with Crippen LogP contribution in [0.4, 0.5) is 0 Å². The Labute approximate surface area is 154 Å². The summed E-state index contributed by atoms with van der Waals surface area (Å²) < 4.78 is 12.5. The highest BCUT2D eigenvalue weighted by molar-refractivity contribution is 5.73. The summed E-state index contributed by atoms with van der Waals surface area (Å²) in [7, 11) is 0. The molecule has 1 atom stereocenters. The average Bonchev–Trinajstić information content (AvgIpc) is 3.09. The molecule has 0 aliphatic carbocycles. The minimum Gasteiger partial charge on any atom is -0.466 e. The number of ether oxygens (including phenoxy) is 2. The van der Waals surface area contributed by atoms with E-state index in [9.17, 15) is 9.59 Å². The first-order valence-corrected chi connectivity index (χ1v) is 8.92. The van der Waals surface area contributed by atoms with Crippen molar-refractivity contribution in [3.63, 3.8) is 0 Å². The highest BCUT2D eigenvalue weighted by Crippen LogP contribution is 2.14. The minimum atomic E-state index is -0.455. The third-order valence-corrected chi connectivity index (χ3v) is 3.94. The zero-order valence-corrected chi connectivity index (χ0v) is 15.4. The van der Waals surface area contributed by atoms with Gasteiger partial charge in [0.05, 0.1) is 19.6 Å². The molecule has 0 aliphatic rings. The summed E-state index contributed by atoms with van der Waals surface area (Å²) in [6.45, 7) is 4.86. The number of carbonyl (C=O) groups is 2. The summed E-state index contributed by atoms with van der Waals surface area (Å²) in [5.41, 5.74) is 2.29. The molecule has 0 radical (unpaired) electrons. The third-order valence-electron chi connectivity index (χ3n) is 3.94. The standard InChI is InChI=1S/C20H26N2O4/c1-3-26-20(24)13-17(14-23)15-25-11-5-8-19-21-9-10-22(19)18-7-4-6-16(2)12-18/h4,6-7,9-10,12,14,17H,3,5,8,11,13,15H2,1-2H3. The number of hydrogen-bond donors (Lipinski definition) is 0. The molecule has 0 bridgehead atoms. The fraction of sp³-hybridized carbons (Fsp3) is 0.450. The van der Waals surface area contributed by atoms with Crippen molar-refractivity contribution in [2.75, 3.05) is 19.8 Å². The summed E-state index contributed by atoms with van der Waals surface area (Å²) in [6.07, 6.45) is 6.11. The van der Waals surface area contributed by atoms with Crippen LogP contribution in [0.1, 0.15) is 31.2 Å². The van der Waals surface area contributed by atoms with Gasteiger partial charge in [-0.25, -0.2) is 4.98 Å². The second-order valence-electron chi connectivity index (χ2n) is 6.14. The Balaban J connectivity index is 1.76. The summed E-state index contributed by atoms with van der Waals surface area (Å²) in [5.74, 6) is 0.148. The highest BCUT2D eigenvalue weighted by atomic mass is 16.5. The molecule has 6 nitrogen and oxygen atoms in total. The molecule has 1 heterocycles. The molecule has 0 spiro atoms. The molecule has 1 unspecified atom stereocenters. The van der Waals surface area contributed by atoms with Gasteiger partial charge in [0.25, 0.3) is 0 Å². The number of aromatic nitrogens is 2. The van der Waals surface area contributed by atoms with Crippen molar-refractivity contribution in [3.05, 3.63) is 48.0 Å². The number of imidazole rings is 1. The van der Waals surface area contributed by atoms with Gasteiger partial charge in [-0.1, -0.05) is 12.1 Å². The topological polar surface area (TPSA) is 70.4 Å². The predicted molar refractivity (Wildman–Crippen MR) is 98.2 cm³/mol. The molecule has 0 saturated carbocycles. The summed E-state index contributed by atoms with van der Waals surface area (Å²) in [5, 5.41) is 0. The fourth-order valence-electron chi connectivity index (χ4n) is 2.68. The van der Waals surface area contributed by atoms with E-state index in [1.54, 1.807) is 13.1 Å². The Hall–Kier alpha value is -2.47. The molecule has 0 N–H and O–H groups in total. The van der Waals surface area contributed by atoms with E-state index in [4.69, 9.17) is 9.47 Å². The molecule has 2 rings (SSSR count). The van der Waals surface area contributed by atoms with Crippen LogP contribution in [0.15, 0.2) is 36.7 Å². The maximum absolute atomic E-state index is 11.4. The lowest BCUT2D eigenvalue weighted by Gasteiger charge is -2.11. The maximum atomic E-state index is 11.4. The first kappa shape index (κ1) is 19.8. The lowest BCUT2D eigenvalue weighted by molar-refractivity contribution is -0.145. The number of aryl methyl sites for hydroxylation is 2. The Morgan fingerprint density at radius 3 is 2.96 bits per heavy atom. The molecule has 0 fully saturated rings. The van der Waals surface area contributed by atoms with Gasteiger partial charge in [0, 0.05) is 37.0 Å². The maximum Gasteiger partial charge on any atom is 0.306 e. The Morgan fingerprint density at radius 2 is 2.23 bits per heavy atom. The van der Waals surface area contributed by atoms with Gasteiger partial charge in [0.2, 0.25) is 0 Å². The van der Waals surface area contributed by atoms with Crippen LogP contribution in [0, 0.1) is 12.8 Å². The minimum absolute atomic E-state index is 0.0646. The SMILES string of the molecule is CCOC(=O)CC(C=O)COCCCc1nccn1-c1cccc(C)c1. The van der Waals surface area contributed by atoms with E-state index in [0.717, 1.165) is 30.6 Å². The van der Waals surface area contributed by atoms with Gasteiger partial charge in [0.15, 0.2) is 0 Å². The molecule has 0 aliphatic heterocycles. The van der Waals surface area contributed by atoms with Crippen LogP contribution in [0.3, 0.4) is 0 Å². The van der Waals surface area contributed by atoms with Crippen molar-refractivity contribution >= 4 is 12.3 Å². The second-order valence-corrected chi connectivity index (χ2v) is 6.14. The van der Waals surface area contributed by atoms with Crippen LogP contribution in [-0.2, 0) is 25.5 Å². The summed E-state index contributed by atoms with van der Waals surface area (Å²) >= 11 is 0. The van der Waals surface area contributed by atoms with Gasteiger partial charge in [-0.3, -0.25) is 4.79 Å². The van der Waals surface area contributed by atoms with Crippen LogP contribution in [0.5, 0.6) is 0 Å². The predicted octanol–water partition coefficient (Wildman–Crippen LogP) is 2.90. The van der Waals surface area contributed by atoms with Crippen molar-refractivity contribution in [2.24, 2.45) is 5.92 Å². The number of esters is 1. The van der Waals surface area contributed by atoms with Gasteiger partial charge >= 0.3 is 5.97 Å². The van der Waals surface area contributed by atoms with E-state index in [1.165, 1.54) is 5.56 Å². The lowest BCUT2D eigenvalue weighted by Crippen LogP contribution is -2.18. The normalized spacial score (nSPS) is 11.9. The van der Waals surface area contributed by atoms with Gasteiger partial charge in [0.1, 0.15) is 12.1 Å². The number of hydrogen-bond acceptors (Lipinski definition) is 5. The van der Waals surface area contributed by atoms with Crippen LogP contribution in [0.25, 0.3) is 5.69 Å². The Bertz CT molecular complexity index is 711. The quantitative estimate of drug-likeness (QED) is 0.351. The van der Waals surface area contributed by atoms with E-state index in [0.29, 0.717) is 13.2 Å². The molecular weight excluding hydrogens is 332 g/mol. The average molecular weight is 358 g/mol. The van der Waals surface area contributed by atoms with Crippen LogP contribution >= 0.6 is 0 Å². The van der Waals surface area contributed by atoms with Crippen molar-refractivity contribution < 1.29 is 19.1 Å². The van der Waals surface area contributed by atoms with Gasteiger partial charge < -0.3 is 18.8 Å². The van der Waals surface area contributed by atoms with Crippen molar-refractivity contribution in [1.82, 2.24) is 9.55 Å². The molecule has 2 aromatic rings. The van der Waals surface area contributed by atoms with Crippen LogP contribution in [-0.4, -0.2) is 41.6 Å². The molecule has 6 heteroatoms. The van der Waals surface area contributed by atoms with Gasteiger partial charge in [-0.2, -0.15) is 0 Å². The molecule has 0 amide bonds. The largest absolute Gasteiger partial charge is 0.466 e. The van der Waals surface area contributed by atoms with Crippen LogP contribution < -0.4 is 0 Å². The smallest absolute Gasteiger partial charge is 0.306 e. The third kappa shape index (κ3) is 6.11. The second kappa shape index (κ2) is 10.5. The van der Waals surface area contributed by atoms with Crippen molar-refractivity contribution in [2.45, 2.75) is 33.1 Å². The van der Waals surface area contributed by atoms with Crippen molar-refractivity contribution in [3.8, 4) is 5.69 Å². The lowest BCUT2D eigenvalue weighted by atomic mass is 10.1. The first-order chi connectivity index (χ1) is 12.6. The molecular formula is C20H26N2O4. The Kier molecular flexibility index (Phi) is 8.02. The number of carbonyl (C=O) groups excluding carboxylic acids is 2. The van der Waals surface area contributed by atoms with E-state index in [1.807, 2.05) is 12.3 Å². The van der Waals surface area contributed by atoms with E-state index < -0.39 is 5.92 Å². The number of nitrogens with zero attached hydrogens (tertiary/aromatic N) is 2. The fourth-order valence-corrected chi connectivity index (χ4v) is 2.68. The Morgan fingerprint density at radius 1 is 1.38 bits per heavy atom. The highest BCUT2D eigenvalue weighted by Gasteiger charge is 2.14. The molecule has 26 heavy (non-hydrogen) atoms. The monoisotopic (exact) mass is 358 g/mol. The van der Waals surface area contributed by atoms with E-state index in [-0.39, 0.29) is 19.0 Å². The molecule has 1 aromatic carbocycles. The summed E-state index contributed by atoms with van der Waals surface area (Å²) in [4.78, 5) is 26.8. The molecule has 140 valence electrons. The number of benzene rings is 1. The number of aldehydes is 1. The van der Waals surface area contributed by atoms with Gasteiger partial charge in [-0.05, 0) is 38.0 Å². The van der Waals surface area contributed by atoms with Gasteiger partial charge in [-0.15, -0.1) is 0 Å². The molecule has 1 aromatic heterocycles. The number of rotatable bonds is 11. The first-order valence-electron chi connectivity index (χ1n) is 8.92. The zero-order chi connectivity index (χ0) is 18.8. The molecule has 0 saturated heterocycles. The van der Waals surface area contributed by atoms with E-state index >= 15 is 0 Å². The van der Waals surface area contributed by atoms with Crippen molar-refractivity contribution in [1.29, 1.82) is 0 Å². The summed E-state index contributed by atoms with van der Waals surface area (Å²) in [6, 6.07) is 8.26. The van der Waals surface area contributed by atoms with Crippen LogP contribution in [0.2, 0.25) is 0 Å². The van der Waals surface area contributed by atoms with E-state index in [2.05, 4.69) is 34.7 Å².